The van der Waals surface area contributed by atoms with Crippen molar-refractivity contribution >= 4 is 0 Å². The molecule has 1 fully saturated rings. The maximum atomic E-state index is 5.62. The highest BCUT2D eigenvalue weighted by atomic mass is 15.2. The summed E-state index contributed by atoms with van der Waals surface area (Å²) >= 11 is 0. The minimum atomic E-state index is 0.616. The summed E-state index contributed by atoms with van der Waals surface area (Å²) in [5.74, 6) is 0.844. The van der Waals surface area contributed by atoms with Crippen LogP contribution >= 0.6 is 0 Å². The molecular formula is C12H27N3. The van der Waals surface area contributed by atoms with Crippen LogP contribution in [0.15, 0.2) is 0 Å². The van der Waals surface area contributed by atoms with Crippen LogP contribution in [0.3, 0.4) is 0 Å². The topological polar surface area (TPSA) is 41.3 Å². The fourth-order valence-corrected chi connectivity index (χ4v) is 2.38. The van der Waals surface area contributed by atoms with E-state index in [-0.39, 0.29) is 0 Å². The smallest absolute Gasteiger partial charge is 0.0107 e. The van der Waals surface area contributed by atoms with Gasteiger partial charge in [-0.3, -0.25) is 4.90 Å². The van der Waals surface area contributed by atoms with E-state index in [1.165, 1.54) is 25.9 Å². The summed E-state index contributed by atoms with van der Waals surface area (Å²) in [6.45, 7) is 11.0. The van der Waals surface area contributed by atoms with Gasteiger partial charge in [-0.1, -0.05) is 6.92 Å². The van der Waals surface area contributed by atoms with Gasteiger partial charge in [-0.05, 0) is 45.7 Å². The van der Waals surface area contributed by atoms with E-state index < -0.39 is 0 Å². The largest absolute Gasteiger partial charge is 0.329 e. The lowest BCUT2D eigenvalue weighted by atomic mass is 10.0. The quantitative estimate of drug-likeness (QED) is 0.693. The molecule has 0 amide bonds. The molecule has 0 radical (unpaired) electrons. The Kier molecular flexibility index (Phi) is 5.58. The molecule has 3 heteroatoms. The van der Waals surface area contributed by atoms with E-state index in [2.05, 4.69) is 31.0 Å². The lowest BCUT2D eigenvalue weighted by Crippen LogP contribution is -2.39. The summed E-state index contributed by atoms with van der Waals surface area (Å²) in [5.41, 5.74) is 5.62. The van der Waals surface area contributed by atoms with Crippen LogP contribution in [0, 0.1) is 5.92 Å². The average Bonchev–Trinajstić information content (AvgIpc) is 2.58. The Bertz CT molecular complexity index is 170. The van der Waals surface area contributed by atoms with E-state index in [1.54, 1.807) is 0 Å². The minimum absolute atomic E-state index is 0.616. The van der Waals surface area contributed by atoms with Gasteiger partial charge in [0.1, 0.15) is 0 Å². The second-order valence-electron chi connectivity index (χ2n) is 5.03. The molecule has 1 aliphatic rings. The molecule has 3 N–H and O–H groups in total. The van der Waals surface area contributed by atoms with Gasteiger partial charge < -0.3 is 11.1 Å². The molecule has 2 unspecified atom stereocenters. The zero-order valence-corrected chi connectivity index (χ0v) is 10.5. The summed E-state index contributed by atoms with van der Waals surface area (Å²) in [6.07, 6.45) is 2.60. The molecule has 0 aromatic heterocycles. The Morgan fingerprint density at radius 2 is 2.13 bits per heavy atom. The Balaban J connectivity index is 2.26. The van der Waals surface area contributed by atoms with Crippen molar-refractivity contribution in [3.05, 3.63) is 0 Å². The first kappa shape index (κ1) is 12.9. The molecule has 0 aliphatic carbocycles. The number of hydrogen-bond acceptors (Lipinski definition) is 3. The van der Waals surface area contributed by atoms with Gasteiger partial charge in [0.2, 0.25) is 0 Å². The maximum Gasteiger partial charge on any atom is 0.0107 e. The normalized spacial score (nSPS) is 26.8. The lowest BCUT2D eigenvalue weighted by molar-refractivity contribution is 0.212. The fraction of sp³-hybridized carbons (Fsp3) is 1.00. The Morgan fingerprint density at radius 3 is 2.60 bits per heavy atom. The predicted octanol–water partition coefficient (Wildman–Crippen LogP) is 1.04. The first-order valence-electron chi connectivity index (χ1n) is 6.32. The summed E-state index contributed by atoms with van der Waals surface area (Å²) < 4.78 is 0. The molecule has 0 saturated carbocycles. The van der Waals surface area contributed by atoms with Crippen LogP contribution in [0.4, 0.5) is 0 Å². The molecule has 0 bridgehead atoms. The summed E-state index contributed by atoms with van der Waals surface area (Å²) in [6, 6.07) is 1.34. The van der Waals surface area contributed by atoms with Crippen LogP contribution in [-0.4, -0.2) is 43.2 Å². The van der Waals surface area contributed by atoms with E-state index in [0.717, 1.165) is 25.0 Å². The summed E-state index contributed by atoms with van der Waals surface area (Å²) in [5, 5.41) is 3.58. The molecule has 1 saturated heterocycles. The number of hydrogen-bond donors (Lipinski definition) is 2. The van der Waals surface area contributed by atoms with E-state index in [1.807, 2.05) is 0 Å². The molecule has 1 aliphatic heterocycles. The molecular weight excluding hydrogens is 186 g/mol. The van der Waals surface area contributed by atoms with Crippen LogP contribution in [0.5, 0.6) is 0 Å². The van der Waals surface area contributed by atoms with Gasteiger partial charge in [-0.15, -0.1) is 0 Å². The van der Waals surface area contributed by atoms with Crippen molar-refractivity contribution in [2.75, 3.05) is 26.2 Å². The van der Waals surface area contributed by atoms with Crippen molar-refractivity contribution in [1.29, 1.82) is 0 Å². The molecule has 0 aromatic rings. The first-order valence-corrected chi connectivity index (χ1v) is 6.32. The SMILES string of the molecule is CC1CCNC1CCN(CCN)C(C)C. The van der Waals surface area contributed by atoms with Gasteiger partial charge >= 0.3 is 0 Å². The van der Waals surface area contributed by atoms with Crippen LogP contribution < -0.4 is 11.1 Å². The Hall–Kier alpha value is -0.120. The zero-order valence-electron chi connectivity index (χ0n) is 10.5. The van der Waals surface area contributed by atoms with Gasteiger partial charge in [0.05, 0.1) is 0 Å². The van der Waals surface area contributed by atoms with E-state index >= 15 is 0 Å². The highest BCUT2D eigenvalue weighted by molar-refractivity contribution is 4.82. The van der Waals surface area contributed by atoms with E-state index in [9.17, 15) is 0 Å². The second kappa shape index (κ2) is 6.46. The Labute approximate surface area is 94.4 Å². The standard InChI is InChI=1S/C12H27N3/c1-10(2)15(9-6-13)8-5-12-11(3)4-7-14-12/h10-12,14H,4-9,13H2,1-3H3. The monoisotopic (exact) mass is 213 g/mol. The summed E-state index contributed by atoms with van der Waals surface area (Å²) in [7, 11) is 0. The van der Waals surface area contributed by atoms with Crippen LogP contribution in [-0.2, 0) is 0 Å². The number of nitrogens with zero attached hydrogens (tertiary/aromatic N) is 1. The average molecular weight is 213 g/mol. The summed E-state index contributed by atoms with van der Waals surface area (Å²) in [4.78, 5) is 2.48. The number of nitrogens with two attached hydrogens (primary N) is 1. The molecule has 90 valence electrons. The number of rotatable bonds is 6. The molecule has 0 aromatic carbocycles. The minimum Gasteiger partial charge on any atom is -0.329 e. The van der Waals surface area contributed by atoms with Gasteiger partial charge in [0.15, 0.2) is 0 Å². The molecule has 3 nitrogen and oxygen atoms in total. The predicted molar refractivity (Wildman–Crippen MR) is 66.0 cm³/mol. The molecule has 1 rings (SSSR count). The Morgan fingerprint density at radius 1 is 1.40 bits per heavy atom. The van der Waals surface area contributed by atoms with Crippen molar-refractivity contribution in [2.24, 2.45) is 11.7 Å². The highest BCUT2D eigenvalue weighted by Crippen LogP contribution is 2.17. The van der Waals surface area contributed by atoms with Crippen molar-refractivity contribution in [2.45, 2.75) is 45.7 Å². The highest BCUT2D eigenvalue weighted by Gasteiger charge is 2.23. The maximum absolute atomic E-state index is 5.62. The van der Waals surface area contributed by atoms with Crippen molar-refractivity contribution in [1.82, 2.24) is 10.2 Å². The van der Waals surface area contributed by atoms with Crippen LogP contribution in [0.2, 0.25) is 0 Å². The molecule has 15 heavy (non-hydrogen) atoms. The van der Waals surface area contributed by atoms with E-state index in [4.69, 9.17) is 5.73 Å². The van der Waals surface area contributed by atoms with Crippen molar-refractivity contribution in [3.8, 4) is 0 Å². The van der Waals surface area contributed by atoms with Gasteiger partial charge in [0.25, 0.3) is 0 Å². The molecule has 2 atom stereocenters. The molecule has 1 heterocycles. The fourth-order valence-electron chi connectivity index (χ4n) is 2.38. The van der Waals surface area contributed by atoms with Gasteiger partial charge in [-0.2, -0.15) is 0 Å². The van der Waals surface area contributed by atoms with Gasteiger partial charge in [-0.25, -0.2) is 0 Å². The lowest BCUT2D eigenvalue weighted by Gasteiger charge is -2.28. The molecule has 0 spiro atoms. The van der Waals surface area contributed by atoms with Gasteiger partial charge in [0, 0.05) is 25.2 Å². The third-order valence-electron chi connectivity index (χ3n) is 3.57. The second-order valence-corrected chi connectivity index (χ2v) is 5.03. The van der Waals surface area contributed by atoms with E-state index in [0.29, 0.717) is 6.04 Å². The van der Waals surface area contributed by atoms with Crippen molar-refractivity contribution < 1.29 is 0 Å². The number of nitrogens with one attached hydrogen (secondary N) is 1. The van der Waals surface area contributed by atoms with Crippen LogP contribution in [0.1, 0.15) is 33.6 Å². The third kappa shape index (κ3) is 4.09. The van der Waals surface area contributed by atoms with Crippen molar-refractivity contribution in [3.63, 3.8) is 0 Å². The zero-order chi connectivity index (χ0) is 11.3. The van der Waals surface area contributed by atoms with Crippen LogP contribution in [0.25, 0.3) is 0 Å². The third-order valence-corrected chi connectivity index (χ3v) is 3.57. The first-order chi connectivity index (χ1) is 7.15.